The van der Waals surface area contributed by atoms with Crippen LogP contribution in [-0.4, -0.2) is 30.6 Å². The molecule has 1 aliphatic rings. The van der Waals surface area contributed by atoms with Crippen molar-refractivity contribution in [2.75, 3.05) is 13.7 Å². The SMILES string of the molecule is COC(=O)CN(C#N)C1CCCCC1. The topological polar surface area (TPSA) is 53.3 Å². The lowest BCUT2D eigenvalue weighted by atomic mass is 9.94. The summed E-state index contributed by atoms with van der Waals surface area (Å²) < 4.78 is 4.54. The number of carbonyl (C=O) groups is 1. The van der Waals surface area contributed by atoms with E-state index in [-0.39, 0.29) is 18.6 Å². The maximum absolute atomic E-state index is 11.0. The van der Waals surface area contributed by atoms with Crippen LogP contribution < -0.4 is 0 Å². The number of esters is 1. The van der Waals surface area contributed by atoms with Crippen molar-refractivity contribution in [3.63, 3.8) is 0 Å². The third-order valence-electron chi connectivity index (χ3n) is 2.67. The summed E-state index contributed by atoms with van der Waals surface area (Å²) in [6, 6.07) is 0.243. The molecule has 0 atom stereocenters. The van der Waals surface area contributed by atoms with Gasteiger partial charge in [0.2, 0.25) is 0 Å². The van der Waals surface area contributed by atoms with Crippen molar-refractivity contribution in [2.24, 2.45) is 0 Å². The van der Waals surface area contributed by atoms with Crippen LogP contribution in [0, 0.1) is 11.5 Å². The van der Waals surface area contributed by atoms with Crippen LogP contribution in [0.25, 0.3) is 0 Å². The first kappa shape index (κ1) is 10.8. The minimum Gasteiger partial charge on any atom is -0.468 e. The van der Waals surface area contributed by atoms with Gasteiger partial charge in [0, 0.05) is 6.04 Å². The summed E-state index contributed by atoms with van der Waals surface area (Å²) in [5.74, 6) is -0.336. The summed E-state index contributed by atoms with van der Waals surface area (Å²) >= 11 is 0. The van der Waals surface area contributed by atoms with E-state index < -0.39 is 0 Å². The van der Waals surface area contributed by atoms with Crippen LogP contribution in [0.15, 0.2) is 0 Å². The fraction of sp³-hybridized carbons (Fsp3) is 0.800. The third kappa shape index (κ3) is 2.91. The normalized spacial score (nSPS) is 17.1. The summed E-state index contributed by atoms with van der Waals surface area (Å²) in [7, 11) is 1.35. The molecule has 14 heavy (non-hydrogen) atoms. The van der Waals surface area contributed by atoms with E-state index in [4.69, 9.17) is 5.26 Å². The number of rotatable bonds is 3. The van der Waals surface area contributed by atoms with Gasteiger partial charge < -0.3 is 4.74 Å². The fourth-order valence-corrected chi connectivity index (χ4v) is 1.84. The van der Waals surface area contributed by atoms with E-state index in [0.29, 0.717) is 0 Å². The molecule has 1 rings (SSSR count). The van der Waals surface area contributed by atoms with Crippen molar-refractivity contribution in [3.05, 3.63) is 0 Å². The highest BCUT2D eigenvalue weighted by Crippen LogP contribution is 2.21. The molecule has 0 radical (unpaired) electrons. The zero-order valence-corrected chi connectivity index (χ0v) is 8.53. The molecule has 0 heterocycles. The molecule has 78 valence electrons. The molecule has 1 fully saturated rings. The quantitative estimate of drug-likeness (QED) is 0.387. The lowest BCUT2D eigenvalue weighted by molar-refractivity contribution is -0.141. The first-order valence-electron chi connectivity index (χ1n) is 5.01. The van der Waals surface area contributed by atoms with Crippen LogP contribution in [0.4, 0.5) is 0 Å². The molecule has 0 aliphatic heterocycles. The molecule has 0 unspecified atom stereocenters. The molecule has 0 amide bonds. The van der Waals surface area contributed by atoms with E-state index >= 15 is 0 Å². The lowest BCUT2D eigenvalue weighted by Gasteiger charge is -2.28. The van der Waals surface area contributed by atoms with Gasteiger partial charge in [-0.1, -0.05) is 19.3 Å². The number of hydrogen-bond acceptors (Lipinski definition) is 4. The van der Waals surface area contributed by atoms with E-state index in [0.717, 1.165) is 25.7 Å². The highest BCUT2D eigenvalue weighted by atomic mass is 16.5. The molecular weight excluding hydrogens is 180 g/mol. The Kier molecular flexibility index (Phi) is 4.24. The van der Waals surface area contributed by atoms with Crippen molar-refractivity contribution < 1.29 is 9.53 Å². The Morgan fingerprint density at radius 3 is 2.64 bits per heavy atom. The maximum atomic E-state index is 11.0. The van der Waals surface area contributed by atoms with Gasteiger partial charge in [-0.15, -0.1) is 0 Å². The number of nitriles is 1. The van der Waals surface area contributed by atoms with Crippen molar-refractivity contribution >= 4 is 5.97 Å². The average Bonchev–Trinajstić information content (AvgIpc) is 2.26. The minimum atomic E-state index is -0.336. The molecule has 0 aromatic rings. The summed E-state index contributed by atoms with van der Waals surface area (Å²) in [6.07, 6.45) is 7.66. The van der Waals surface area contributed by atoms with E-state index in [1.807, 2.05) is 0 Å². The molecule has 4 nitrogen and oxygen atoms in total. The maximum Gasteiger partial charge on any atom is 0.326 e. The molecular formula is C10H16N2O2. The number of ether oxygens (including phenoxy) is 1. The Balaban J connectivity index is 2.44. The van der Waals surface area contributed by atoms with Crippen LogP contribution in [0.1, 0.15) is 32.1 Å². The standard InChI is InChI=1S/C10H16N2O2/c1-14-10(13)7-12(8-11)9-5-3-2-4-6-9/h9H,2-7H2,1H3. The smallest absolute Gasteiger partial charge is 0.326 e. The summed E-state index contributed by atoms with van der Waals surface area (Å²) in [5, 5.41) is 8.89. The van der Waals surface area contributed by atoms with Crippen molar-refractivity contribution in [2.45, 2.75) is 38.1 Å². The van der Waals surface area contributed by atoms with Gasteiger partial charge in [-0.3, -0.25) is 9.69 Å². The number of hydrogen-bond donors (Lipinski definition) is 0. The minimum absolute atomic E-state index is 0.0949. The Hall–Kier alpha value is -1.24. The Morgan fingerprint density at radius 2 is 2.14 bits per heavy atom. The fourth-order valence-electron chi connectivity index (χ4n) is 1.84. The van der Waals surface area contributed by atoms with Crippen LogP contribution in [-0.2, 0) is 9.53 Å². The van der Waals surface area contributed by atoms with Crippen LogP contribution in [0.5, 0.6) is 0 Å². The van der Waals surface area contributed by atoms with Crippen LogP contribution in [0.3, 0.4) is 0 Å². The summed E-state index contributed by atoms with van der Waals surface area (Å²) in [5.41, 5.74) is 0. The molecule has 0 saturated heterocycles. The Morgan fingerprint density at radius 1 is 1.50 bits per heavy atom. The van der Waals surface area contributed by atoms with Gasteiger partial charge in [0.25, 0.3) is 0 Å². The number of methoxy groups -OCH3 is 1. The summed E-state index contributed by atoms with van der Waals surface area (Å²) in [6.45, 7) is 0.0949. The van der Waals surface area contributed by atoms with Gasteiger partial charge in [0.1, 0.15) is 6.54 Å². The molecule has 0 aromatic carbocycles. The zero-order valence-electron chi connectivity index (χ0n) is 8.53. The molecule has 0 bridgehead atoms. The van der Waals surface area contributed by atoms with E-state index in [1.165, 1.54) is 13.5 Å². The Labute approximate surface area is 84.4 Å². The molecule has 4 heteroatoms. The van der Waals surface area contributed by atoms with Crippen molar-refractivity contribution in [1.29, 1.82) is 5.26 Å². The number of nitrogens with zero attached hydrogens (tertiary/aromatic N) is 2. The van der Waals surface area contributed by atoms with Gasteiger partial charge in [0.05, 0.1) is 7.11 Å². The van der Waals surface area contributed by atoms with Gasteiger partial charge in [-0.05, 0) is 12.8 Å². The second-order valence-corrected chi connectivity index (χ2v) is 3.60. The van der Waals surface area contributed by atoms with Gasteiger partial charge >= 0.3 is 5.97 Å². The van der Waals surface area contributed by atoms with Gasteiger partial charge in [-0.2, -0.15) is 5.26 Å². The largest absolute Gasteiger partial charge is 0.468 e. The Bertz CT molecular complexity index is 229. The molecule has 1 saturated carbocycles. The first-order valence-corrected chi connectivity index (χ1v) is 5.01. The average molecular weight is 196 g/mol. The second kappa shape index (κ2) is 5.48. The first-order chi connectivity index (χ1) is 6.77. The highest BCUT2D eigenvalue weighted by molar-refractivity contribution is 5.71. The van der Waals surface area contributed by atoms with Gasteiger partial charge in [0.15, 0.2) is 6.19 Å². The predicted octanol–water partition coefficient (Wildman–Crippen LogP) is 1.28. The lowest BCUT2D eigenvalue weighted by Crippen LogP contribution is -2.37. The van der Waals surface area contributed by atoms with Crippen molar-refractivity contribution in [3.8, 4) is 6.19 Å². The molecule has 0 N–H and O–H groups in total. The molecule has 0 aromatic heterocycles. The predicted molar refractivity (Wildman–Crippen MR) is 51.2 cm³/mol. The zero-order chi connectivity index (χ0) is 10.4. The molecule has 0 spiro atoms. The van der Waals surface area contributed by atoms with Crippen LogP contribution >= 0.6 is 0 Å². The van der Waals surface area contributed by atoms with Crippen LogP contribution in [0.2, 0.25) is 0 Å². The van der Waals surface area contributed by atoms with E-state index in [2.05, 4.69) is 10.9 Å². The van der Waals surface area contributed by atoms with E-state index in [1.54, 1.807) is 4.90 Å². The monoisotopic (exact) mass is 196 g/mol. The molecule has 1 aliphatic carbocycles. The summed E-state index contributed by atoms with van der Waals surface area (Å²) in [4.78, 5) is 12.6. The third-order valence-corrected chi connectivity index (χ3v) is 2.67. The van der Waals surface area contributed by atoms with E-state index in [9.17, 15) is 4.79 Å². The number of carbonyl (C=O) groups excluding carboxylic acids is 1. The highest BCUT2D eigenvalue weighted by Gasteiger charge is 2.22. The van der Waals surface area contributed by atoms with Gasteiger partial charge in [-0.25, -0.2) is 0 Å². The van der Waals surface area contributed by atoms with Crippen molar-refractivity contribution in [1.82, 2.24) is 4.90 Å². The second-order valence-electron chi connectivity index (χ2n) is 3.60.